The fourth-order valence-electron chi connectivity index (χ4n) is 3.24. The zero-order valence-electron chi connectivity index (χ0n) is 17.5. The number of pyridine rings is 1. The van der Waals surface area contributed by atoms with Crippen LogP contribution in [0.3, 0.4) is 0 Å². The number of hydrogen-bond donors (Lipinski definition) is 1. The highest BCUT2D eigenvalue weighted by Gasteiger charge is 2.29. The highest BCUT2D eigenvalue weighted by molar-refractivity contribution is 6.32. The summed E-state index contributed by atoms with van der Waals surface area (Å²) < 4.78 is 6.90. The molecule has 2 aromatic rings. The van der Waals surface area contributed by atoms with Gasteiger partial charge in [0.25, 0.3) is 5.56 Å². The van der Waals surface area contributed by atoms with Gasteiger partial charge in [0.2, 0.25) is 11.7 Å². The standard InChI is InChI=1S/C22H25ClN2O4/c1-7-13(4)25-21(27)17(10-24)14(5)18(22(25)28)20(26)15(6)29-16-8-11(2)19(23)12(3)9-16/h8-9,13,15,28H,7H2,1-6H3. The lowest BCUT2D eigenvalue weighted by molar-refractivity contribution is 0.0812. The number of rotatable bonds is 6. The van der Waals surface area contributed by atoms with Gasteiger partial charge in [-0.15, -0.1) is 0 Å². The third kappa shape index (κ3) is 4.15. The largest absolute Gasteiger partial charge is 0.494 e. The average molecular weight is 417 g/mol. The van der Waals surface area contributed by atoms with Gasteiger partial charge in [-0.2, -0.15) is 5.26 Å². The Morgan fingerprint density at radius 3 is 2.31 bits per heavy atom. The van der Waals surface area contributed by atoms with Crippen LogP contribution in [0.2, 0.25) is 5.02 Å². The number of halogens is 1. The number of aromatic hydroxyl groups is 1. The van der Waals surface area contributed by atoms with Crippen molar-refractivity contribution in [2.24, 2.45) is 0 Å². The van der Waals surface area contributed by atoms with Crippen molar-refractivity contribution in [3.8, 4) is 17.7 Å². The SMILES string of the molecule is CCC(C)n1c(O)c(C(=O)C(C)Oc2cc(C)c(Cl)c(C)c2)c(C)c(C#N)c1=O. The summed E-state index contributed by atoms with van der Waals surface area (Å²) in [5.41, 5.74) is 0.951. The number of carbonyl (C=O) groups excluding carboxylic acids is 1. The predicted octanol–water partition coefficient (Wildman–Crippen LogP) is 4.63. The molecule has 2 atom stereocenters. The summed E-state index contributed by atoms with van der Waals surface area (Å²) in [7, 11) is 0. The normalized spacial score (nSPS) is 12.9. The summed E-state index contributed by atoms with van der Waals surface area (Å²) in [4.78, 5) is 25.7. The van der Waals surface area contributed by atoms with E-state index >= 15 is 0 Å². The molecule has 0 aliphatic rings. The number of nitriles is 1. The van der Waals surface area contributed by atoms with Gasteiger partial charge in [-0.25, -0.2) is 0 Å². The summed E-state index contributed by atoms with van der Waals surface area (Å²) in [6.07, 6.45) is -0.404. The first-order valence-electron chi connectivity index (χ1n) is 9.40. The molecular weight excluding hydrogens is 392 g/mol. The van der Waals surface area contributed by atoms with E-state index in [1.807, 2.05) is 26.8 Å². The Balaban J connectivity index is 2.55. The van der Waals surface area contributed by atoms with Crippen LogP contribution < -0.4 is 10.3 Å². The van der Waals surface area contributed by atoms with Gasteiger partial charge in [0.1, 0.15) is 17.4 Å². The molecule has 1 heterocycles. The van der Waals surface area contributed by atoms with Crippen molar-refractivity contribution in [3.63, 3.8) is 0 Å². The fourth-order valence-corrected chi connectivity index (χ4v) is 3.35. The van der Waals surface area contributed by atoms with Crippen LogP contribution in [0.4, 0.5) is 0 Å². The highest BCUT2D eigenvalue weighted by atomic mass is 35.5. The lowest BCUT2D eigenvalue weighted by Crippen LogP contribution is -2.32. The minimum Gasteiger partial charge on any atom is -0.494 e. The van der Waals surface area contributed by atoms with Crippen molar-refractivity contribution in [2.75, 3.05) is 0 Å². The predicted molar refractivity (Wildman–Crippen MR) is 112 cm³/mol. The first-order valence-corrected chi connectivity index (χ1v) is 9.78. The van der Waals surface area contributed by atoms with Crippen molar-refractivity contribution >= 4 is 17.4 Å². The number of aryl methyl sites for hydroxylation is 2. The topological polar surface area (TPSA) is 92.3 Å². The molecule has 0 aliphatic carbocycles. The van der Waals surface area contributed by atoms with Crippen LogP contribution in [0.5, 0.6) is 11.6 Å². The van der Waals surface area contributed by atoms with Crippen LogP contribution in [0, 0.1) is 32.1 Å². The van der Waals surface area contributed by atoms with Gasteiger partial charge in [0.15, 0.2) is 6.10 Å². The molecular formula is C22H25ClN2O4. The third-order valence-corrected chi connectivity index (χ3v) is 5.71. The van der Waals surface area contributed by atoms with Crippen LogP contribution >= 0.6 is 11.6 Å². The molecule has 0 radical (unpaired) electrons. The molecule has 0 bridgehead atoms. The molecule has 0 fully saturated rings. The van der Waals surface area contributed by atoms with Gasteiger partial charge in [0, 0.05) is 11.1 Å². The number of Topliss-reactive ketones (excluding diaryl/α,β-unsaturated/α-hetero) is 1. The van der Waals surface area contributed by atoms with Crippen molar-refractivity contribution in [1.82, 2.24) is 4.57 Å². The lowest BCUT2D eigenvalue weighted by Gasteiger charge is -2.21. The van der Waals surface area contributed by atoms with E-state index in [0.717, 1.165) is 15.7 Å². The molecule has 7 heteroatoms. The summed E-state index contributed by atoms with van der Waals surface area (Å²) >= 11 is 6.18. The second-order valence-corrected chi connectivity index (χ2v) is 7.62. The summed E-state index contributed by atoms with van der Waals surface area (Å²) in [5.74, 6) is -0.485. The molecule has 2 rings (SSSR count). The molecule has 154 valence electrons. The molecule has 1 N–H and O–H groups in total. The molecule has 0 saturated heterocycles. The number of ether oxygens (including phenoxy) is 1. The number of hydrogen-bond acceptors (Lipinski definition) is 5. The van der Waals surface area contributed by atoms with E-state index in [1.54, 1.807) is 26.0 Å². The molecule has 29 heavy (non-hydrogen) atoms. The number of benzene rings is 1. The van der Waals surface area contributed by atoms with Crippen molar-refractivity contribution in [3.05, 3.63) is 55.3 Å². The molecule has 0 saturated carbocycles. The fraction of sp³-hybridized carbons (Fsp3) is 0.409. The Labute approximate surface area is 175 Å². The Bertz CT molecular complexity index is 1040. The number of ketones is 1. The molecule has 1 aromatic heterocycles. The van der Waals surface area contributed by atoms with Gasteiger partial charge < -0.3 is 9.84 Å². The van der Waals surface area contributed by atoms with Gasteiger partial charge in [0.05, 0.1) is 5.56 Å². The average Bonchev–Trinajstić information content (AvgIpc) is 2.65. The van der Waals surface area contributed by atoms with Gasteiger partial charge in [-0.05, 0) is 69.9 Å². The second-order valence-electron chi connectivity index (χ2n) is 7.24. The molecule has 0 aliphatic heterocycles. The third-order valence-electron chi connectivity index (χ3n) is 5.12. The van der Waals surface area contributed by atoms with E-state index in [2.05, 4.69) is 0 Å². The smallest absolute Gasteiger partial charge is 0.271 e. The number of nitrogens with zero attached hydrogens (tertiary/aromatic N) is 2. The zero-order chi connectivity index (χ0) is 22.0. The van der Waals surface area contributed by atoms with Gasteiger partial charge in [-0.3, -0.25) is 14.2 Å². The zero-order valence-corrected chi connectivity index (χ0v) is 18.2. The van der Waals surface area contributed by atoms with Crippen LogP contribution in [-0.2, 0) is 0 Å². The monoisotopic (exact) mass is 416 g/mol. The Morgan fingerprint density at radius 1 is 1.28 bits per heavy atom. The van der Waals surface area contributed by atoms with Crippen LogP contribution in [-0.4, -0.2) is 21.6 Å². The Hall–Kier alpha value is -2.78. The second kappa shape index (κ2) is 8.71. The van der Waals surface area contributed by atoms with Crippen LogP contribution in [0.25, 0.3) is 0 Å². The minimum absolute atomic E-state index is 0.0728. The number of carbonyl (C=O) groups is 1. The molecule has 0 amide bonds. The Morgan fingerprint density at radius 2 is 1.83 bits per heavy atom. The molecule has 2 unspecified atom stereocenters. The Kier molecular flexibility index (Phi) is 6.76. The van der Waals surface area contributed by atoms with E-state index in [0.29, 0.717) is 17.2 Å². The molecule has 1 aromatic carbocycles. The maximum Gasteiger partial charge on any atom is 0.271 e. The van der Waals surface area contributed by atoms with E-state index in [-0.39, 0.29) is 22.7 Å². The highest BCUT2D eigenvalue weighted by Crippen LogP contribution is 2.30. The lowest BCUT2D eigenvalue weighted by atomic mass is 9.98. The van der Waals surface area contributed by atoms with E-state index in [4.69, 9.17) is 16.3 Å². The van der Waals surface area contributed by atoms with Gasteiger partial charge >= 0.3 is 0 Å². The first kappa shape index (κ1) is 22.5. The maximum atomic E-state index is 13.1. The first-order chi connectivity index (χ1) is 13.5. The van der Waals surface area contributed by atoms with E-state index < -0.39 is 23.3 Å². The summed E-state index contributed by atoms with van der Waals surface area (Å²) in [6.45, 7) is 10.3. The van der Waals surface area contributed by atoms with Crippen molar-refractivity contribution < 1.29 is 14.6 Å². The molecule has 0 spiro atoms. The molecule has 6 nitrogen and oxygen atoms in total. The van der Waals surface area contributed by atoms with Gasteiger partial charge in [-0.1, -0.05) is 18.5 Å². The van der Waals surface area contributed by atoms with E-state index in [9.17, 15) is 20.0 Å². The van der Waals surface area contributed by atoms with Crippen molar-refractivity contribution in [2.45, 2.75) is 60.1 Å². The summed E-state index contributed by atoms with van der Waals surface area (Å²) in [5, 5.41) is 20.8. The quantitative estimate of drug-likeness (QED) is 0.693. The number of aromatic nitrogens is 1. The minimum atomic E-state index is -0.950. The van der Waals surface area contributed by atoms with E-state index in [1.165, 1.54) is 6.92 Å². The van der Waals surface area contributed by atoms with Crippen molar-refractivity contribution in [1.29, 1.82) is 5.26 Å². The van der Waals surface area contributed by atoms with Crippen LogP contribution in [0.1, 0.15) is 65.8 Å². The maximum absolute atomic E-state index is 13.1. The summed E-state index contributed by atoms with van der Waals surface area (Å²) in [6, 6.07) is 4.95. The van der Waals surface area contributed by atoms with Crippen LogP contribution in [0.15, 0.2) is 16.9 Å².